The second-order valence-electron chi connectivity index (χ2n) is 9.58. The molecule has 3 aromatic rings. The molecule has 0 unspecified atom stereocenters. The maximum absolute atomic E-state index is 13.0. The van der Waals surface area contributed by atoms with Crippen LogP contribution in [-0.4, -0.2) is 65.7 Å². The van der Waals surface area contributed by atoms with Gasteiger partial charge in [0.1, 0.15) is 18.3 Å². The van der Waals surface area contributed by atoms with Gasteiger partial charge in [-0.2, -0.15) is 0 Å². The minimum Gasteiger partial charge on any atom is -0.446 e. The Morgan fingerprint density at radius 2 is 1.97 bits per heavy atom. The highest BCUT2D eigenvalue weighted by Gasteiger charge is 2.31. The van der Waals surface area contributed by atoms with Crippen LogP contribution in [0.3, 0.4) is 0 Å². The maximum Gasteiger partial charge on any atom is 0.410 e. The Balaban J connectivity index is 1.19. The molecule has 2 saturated heterocycles. The molecular weight excluding hydrogens is 466 g/mol. The third-order valence-corrected chi connectivity index (χ3v) is 7.58. The van der Waals surface area contributed by atoms with E-state index in [9.17, 15) is 9.59 Å². The van der Waals surface area contributed by atoms with Gasteiger partial charge in [0.2, 0.25) is 5.91 Å². The van der Waals surface area contributed by atoms with E-state index in [2.05, 4.69) is 15.3 Å². The summed E-state index contributed by atoms with van der Waals surface area (Å²) in [5.41, 5.74) is 4.58. The quantitative estimate of drug-likeness (QED) is 0.565. The molecule has 3 fully saturated rings. The third-order valence-electron chi connectivity index (χ3n) is 7.19. The molecule has 4 heterocycles. The van der Waals surface area contributed by atoms with Gasteiger partial charge in [-0.1, -0.05) is 23.7 Å². The zero-order chi connectivity index (χ0) is 23.9. The molecule has 1 aliphatic carbocycles. The lowest BCUT2D eigenvalue weighted by atomic mass is 10.0. The van der Waals surface area contributed by atoms with E-state index in [-0.39, 0.29) is 18.6 Å². The first-order valence-corrected chi connectivity index (χ1v) is 12.7. The van der Waals surface area contributed by atoms with Gasteiger partial charge in [0.25, 0.3) is 0 Å². The molecule has 0 spiro atoms. The van der Waals surface area contributed by atoms with Crippen molar-refractivity contribution >= 4 is 40.3 Å². The smallest absolute Gasteiger partial charge is 0.410 e. The Morgan fingerprint density at radius 1 is 1.14 bits per heavy atom. The fourth-order valence-electron chi connectivity index (χ4n) is 5.07. The summed E-state index contributed by atoms with van der Waals surface area (Å²) in [5, 5.41) is 4.94. The van der Waals surface area contributed by atoms with Gasteiger partial charge in [0, 0.05) is 42.1 Å². The van der Waals surface area contributed by atoms with E-state index in [1.165, 1.54) is 23.3 Å². The van der Waals surface area contributed by atoms with E-state index < -0.39 is 6.09 Å². The van der Waals surface area contributed by atoms with Crippen LogP contribution < -0.4 is 10.2 Å². The number of carbonyl (C=O) groups excluding carboxylic acids is 2. The summed E-state index contributed by atoms with van der Waals surface area (Å²) in [7, 11) is 0. The van der Waals surface area contributed by atoms with E-state index in [0.29, 0.717) is 24.0 Å². The lowest BCUT2D eigenvalue weighted by Gasteiger charge is -2.35. The number of benzene rings is 1. The molecule has 3 aliphatic rings. The summed E-state index contributed by atoms with van der Waals surface area (Å²) < 4.78 is 5.62. The van der Waals surface area contributed by atoms with Crippen molar-refractivity contribution in [2.24, 2.45) is 0 Å². The summed E-state index contributed by atoms with van der Waals surface area (Å²) in [6.07, 6.45) is 7.31. The van der Waals surface area contributed by atoms with Crippen LogP contribution in [0, 0.1) is 0 Å². The Morgan fingerprint density at radius 3 is 2.74 bits per heavy atom. The molecule has 2 aliphatic heterocycles. The summed E-state index contributed by atoms with van der Waals surface area (Å²) in [4.78, 5) is 36.7. The number of aromatic nitrogens is 2. The first-order valence-electron chi connectivity index (χ1n) is 12.3. The van der Waals surface area contributed by atoms with Crippen molar-refractivity contribution < 1.29 is 14.3 Å². The van der Waals surface area contributed by atoms with Crippen molar-refractivity contribution in [1.29, 1.82) is 0 Å². The molecule has 2 N–H and O–H groups in total. The van der Waals surface area contributed by atoms with Gasteiger partial charge < -0.3 is 19.9 Å². The molecule has 182 valence electrons. The van der Waals surface area contributed by atoms with Crippen LogP contribution in [0.1, 0.15) is 37.2 Å². The number of aromatic amines is 1. The number of carbonyl (C=O) groups is 2. The summed E-state index contributed by atoms with van der Waals surface area (Å²) in [6.45, 7) is 2.55. The molecule has 9 heteroatoms. The van der Waals surface area contributed by atoms with Crippen molar-refractivity contribution in [2.75, 3.05) is 37.6 Å². The fraction of sp³-hybridized carbons (Fsp3) is 0.423. The molecule has 8 nitrogen and oxygen atoms in total. The van der Waals surface area contributed by atoms with E-state index in [1.54, 1.807) is 11.1 Å². The molecule has 2 amide bonds. The van der Waals surface area contributed by atoms with Crippen LogP contribution in [0.4, 0.5) is 10.5 Å². The number of fused-ring (bicyclic) bond motifs is 1. The second kappa shape index (κ2) is 9.17. The number of hydrogen-bond donors (Lipinski definition) is 2. The number of H-pyrrole nitrogens is 1. The largest absolute Gasteiger partial charge is 0.446 e. The fourth-order valence-corrected chi connectivity index (χ4v) is 5.43. The standard InChI is InChI=1S/C26H28ClN5O3/c27-24-21(14-30-25-23(24)20(13-29-25)16-4-5-16)17-2-1-3-18(12-17)32-11-10-31(15-22(32)33)26(34)35-19-6-8-28-9-7-19/h1-3,12-14,16,19,28H,4-11,15H2,(H,29,30). The first kappa shape index (κ1) is 22.4. The number of nitrogens with one attached hydrogen (secondary N) is 2. The number of halogens is 1. The molecule has 1 aromatic carbocycles. The van der Waals surface area contributed by atoms with Gasteiger partial charge in [-0.15, -0.1) is 0 Å². The number of pyridine rings is 1. The van der Waals surface area contributed by atoms with Gasteiger partial charge in [-0.3, -0.25) is 9.69 Å². The molecule has 2 aromatic heterocycles. The number of anilines is 1. The lowest BCUT2D eigenvalue weighted by Crippen LogP contribution is -2.53. The van der Waals surface area contributed by atoms with Crippen LogP contribution in [0.15, 0.2) is 36.7 Å². The Hall–Kier alpha value is -3.10. The monoisotopic (exact) mass is 493 g/mol. The number of piperidine rings is 1. The van der Waals surface area contributed by atoms with Gasteiger partial charge in [-0.05, 0) is 68.0 Å². The molecule has 35 heavy (non-hydrogen) atoms. The van der Waals surface area contributed by atoms with Crippen LogP contribution >= 0.6 is 11.6 Å². The Bertz CT molecular complexity index is 1280. The number of rotatable bonds is 4. The maximum atomic E-state index is 13.0. The highest BCUT2D eigenvalue weighted by atomic mass is 35.5. The highest BCUT2D eigenvalue weighted by Crippen LogP contribution is 2.46. The molecular formula is C26H28ClN5O3. The third kappa shape index (κ3) is 4.36. The minimum atomic E-state index is -0.400. The molecule has 1 saturated carbocycles. The first-order chi connectivity index (χ1) is 17.1. The number of nitrogens with zero attached hydrogens (tertiary/aromatic N) is 3. The summed E-state index contributed by atoms with van der Waals surface area (Å²) in [5.74, 6) is 0.428. The number of piperazine rings is 1. The average molecular weight is 494 g/mol. The highest BCUT2D eigenvalue weighted by molar-refractivity contribution is 6.38. The number of amides is 2. The van der Waals surface area contributed by atoms with Crippen molar-refractivity contribution in [3.8, 4) is 11.1 Å². The van der Waals surface area contributed by atoms with Gasteiger partial charge in [0.05, 0.1) is 5.02 Å². The van der Waals surface area contributed by atoms with E-state index in [1.807, 2.05) is 30.5 Å². The van der Waals surface area contributed by atoms with Crippen molar-refractivity contribution in [3.05, 3.63) is 47.2 Å². The van der Waals surface area contributed by atoms with Crippen LogP contribution in [0.2, 0.25) is 5.02 Å². The predicted molar refractivity (Wildman–Crippen MR) is 135 cm³/mol. The molecule has 6 rings (SSSR count). The Kier molecular flexibility index (Phi) is 5.86. The molecule has 0 atom stereocenters. The second-order valence-corrected chi connectivity index (χ2v) is 9.96. The molecule has 0 bridgehead atoms. The van der Waals surface area contributed by atoms with Crippen molar-refractivity contribution in [1.82, 2.24) is 20.2 Å². The van der Waals surface area contributed by atoms with E-state index >= 15 is 0 Å². The van der Waals surface area contributed by atoms with Gasteiger partial charge >= 0.3 is 6.09 Å². The van der Waals surface area contributed by atoms with Crippen LogP contribution in [-0.2, 0) is 9.53 Å². The van der Waals surface area contributed by atoms with E-state index in [4.69, 9.17) is 16.3 Å². The Labute approximate surface area is 208 Å². The van der Waals surface area contributed by atoms with Gasteiger partial charge in [-0.25, -0.2) is 9.78 Å². The average Bonchev–Trinajstić information content (AvgIpc) is 3.63. The topological polar surface area (TPSA) is 90.6 Å². The predicted octanol–water partition coefficient (Wildman–Crippen LogP) is 4.30. The van der Waals surface area contributed by atoms with Crippen molar-refractivity contribution in [3.63, 3.8) is 0 Å². The van der Waals surface area contributed by atoms with E-state index in [0.717, 1.165) is 53.8 Å². The zero-order valence-electron chi connectivity index (χ0n) is 19.4. The minimum absolute atomic E-state index is 0.0103. The summed E-state index contributed by atoms with van der Waals surface area (Å²) >= 11 is 6.89. The van der Waals surface area contributed by atoms with Crippen LogP contribution in [0.25, 0.3) is 22.2 Å². The zero-order valence-corrected chi connectivity index (χ0v) is 20.2. The number of ether oxygens (including phenoxy) is 1. The van der Waals surface area contributed by atoms with Gasteiger partial charge in [0.15, 0.2) is 0 Å². The van der Waals surface area contributed by atoms with Crippen molar-refractivity contribution in [2.45, 2.75) is 37.7 Å². The number of hydrogen-bond acceptors (Lipinski definition) is 5. The van der Waals surface area contributed by atoms with Crippen LogP contribution in [0.5, 0.6) is 0 Å². The summed E-state index contributed by atoms with van der Waals surface area (Å²) in [6, 6.07) is 7.79. The lowest BCUT2D eigenvalue weighted by molar-refractivity contribution is -0.121. The molecule has 0 radical (unpaired) electrons. The normalized spacial score (nSPS) is 19.4. The SMILES string of the molecule is O=C(OC1CCNCC1)N1CCN(c2cccc(-c3cnc4[nH]cc(C5CC5)c4c3Cl)c2)C(=O)C1.